The van der Waals surface area contributed by atoms with Crippen LogP contribution in [0.3, 0.4) is 0 Å². The maximum absolute atomic E-state index is 12.5. The van der Waals surface area contributed by atoms with Crippen LogP contribution in [0, 0.1) is 5.92 Å². The second-order valence-corrected chi connectivity index (χ2v) is 3.63. The van der Waals surface area contributed by atoms with Crippen molar-refractivity contribution < 1.29 is 8.78 Å². The second kappa shape index (κ2) is 3.46. The summed E-state index contributed by atoms with van der Waals surface area (Å²) in [4.78, 5) is 0. The fourth-order valence-corrected chi connectivity index (χ4v) is 1.89. The molecule has 0 spiro atoms. The van der Waals surface area contributed by atoms with E-state index in [1.54, 1.807) is 0 Å². The summed E-state index contributed by atoms with van der Waals surface area (Å²) in [7, 11) is 0. The van der Waals surface area contributed by atoms with E-state index >= 15 is 0 Å². The highest BCUT2D eigenvalue weighted by Crippen LogP contribution is 2.51. The van der Waals surface area contributed by atoms with Crippen molar-refractivity contribution in [2.45, 2.75) is 37.6 Å². The van der Waals surface area contributed by atoms with Gasteiger partial charge in [-0.3, -0.25) is 0 Å². The monoisotopic (exact) mass is 197 g/mol. The van der Waals surface area contributed by atoms with Gasteiger partial charge in [-0.2, -0.15) is 0 Å². The van der Waals surface area contributed by atoms with Gasteiger partial charge in [0, 0.05) is 18.4 Å². The third-order valence-electron chi connectivity index (χ3n) is 2.71. The quantitative estimate of drug-likeness (QED) is 0.680. The van der Waals surface area contributed by atoms with Gasteiger partial charge in [-0.1, -0.05) is 6.42 Å². The molecule has 2 aliphatic rings. The van der Waals surface area contributed by atoms with Crippen LogP contribution in [0.4, 0.5) is 8.78 Å². The normalized spacial score (nSPS) is 38.5. The Morgan fingerprint density at radius 1 is 1.25 bits per heavy atom. The molecule has 0 aromatic heterocycles. The molecular formula is C8H14ClF2N. The summed E-state index contributed by atoms with van der Waals surface area (Å²) in [6.45, 7) is 0.928. The summed E-state index contributed by atoms with van der Waals surface area (Å²) in [5.41, 5.74) is 0. The van der Waals surface area contributed by atoms with Crippen LogP contribution in [0.25, 0.3) is 0 Å². The smallest absolute Gasteiger partial charge is 0.253 e. The fourth-order valence-electron chi connectivity index (χ4n) is 1.89. The molecule has 1 N–H and O–H groups in total. The lowest BCUT2D eigenvalue weighted by atomic mass is 10.0. The summed E-state index contributed by atoms with van der Waals surface area (Å²) in [6, 6.07) is 0.110. The van der Waals surface area contributed by atoms with E-state index in [1.807, 2.05) is 0 Å². The van der Waals surface area contributed by atoms with Gasteiger partial charge in [0.2, 0.25) is 0 Å². The Balaban J connectivity index is 0.000000720. The van der Waals surface area contributed by atoms with Crippen LogP contribution in [0.5, 0.6) is 0 Å². The molecule has 1 heterocycles. The largest absolute Gasteiger partial charge is 0.313 e. The molecular weight excluding hydrogens is 184 g/mol. The lowest BCUT2D eigenvalue weighted by Gasteiger charge is -2.22. The van der Waals surface area contributed by atoms with Gasteiger partial charge in [-0.15, -0.1) is 12.4 Å². The Morgan fingerprint density at radius 3 is 2.33 bits per heavy atom. The topological polar surface area (TPSA) is 12.0 Å². The zero-order valence-corrected chi connectivity index (χ0v) is 7.67. The lowest BCUT2D eigenvalue weighted by molar-refractivity contribution is 0.0864. The molecule has 2 atom stereocenters. The summed E-state index contributed by atoms with van der Waals surface area (Å²) >= 11 is 0. The number of hydrogen-bond acceptors (Lipinski definition) is 1. The molecule has 1 aliphatic carbocycles. The Morgan fingerprint density at radius 2 is 1.92 bits per heavy atom. The van der Waals surface area contributed by atoms with Crippen LogP contribution in [-0.4, -0.2) is 18.5 Å². The first kappa shape index (κ1) is 10.2. The number of halogens is 3. The van der Waals surface area contributed by atoms with Crippen LogP contribution in [0.2, 0.25) is 0 Å². The third-order valence-corrected chi connectivity index (χ3v) is 2.71. The molecule has 0 bridgehead atoms. The van der Waals surface area contributed by atoms with E-state index in [9.17, 15) is 8.78 Å². The SMILES string of the molecule is Cl.FC1(F)CC1C1CCCCN1. The summed E-state index contributed by atoms with van der Waals surface area (Å²) in [5, 5.41) is 3.16. The molecule has 0 radical (unpaired) electrons. The predicted octanol–water partition coefficient (Wildman–Crippen LogP) is 2.21. The predicted molar refractivity (Wildman–Crippen MR) is 45.9 cm³/mol. The van der Waals surface area contributed by atoms with E-state index in [-0.39, 0.29) is 30.8 Å². The van der Waals surface area contributed by atoms with Crippen molar-refractivity contribution in [3.05, 3.63) is 0 Å². The van der Waals surface area contributed by atoms with E-state index in [0.717, 1.165) is 25.8 Å². The molecule has 1 saturated heterocycles. The molecule has 2 fully saturated rings. The van der Waals surface area contributed by atoms with Gasteiger partial charge in [-0.25, -0.2) is 8.78 Å². The van der Waals surface area contributed by atoms with Gasteiger partial charge in [-0.05, 0) is 19.4 Å². The molecule has 0 aromatic carbocycles. The zero-order chi connectivity index (χ0) is 7.90. The molecule has 2 rings (SSSR count). The van der Waals surface area contributed by atoms with Crippen molar-refractivity contribution in [2.75, 3.05) is 6.54 Å². The van der Waals surface area contributed by atoms with Gasteiger partial charge in [0.15, 0.2) is 0 Å². The maximum atomic E-state index is 12.5. The van der Waals surface area contributed by atoms with Crippen molar-refractivity contribution in [2.24, 2.45) is 5.92 Å². The van der Waals surface area contributed by atoms with E-state index in [1.165, 1.54) is 0 Å². The average molecular weight is 198 g/mol. The highest BCUT2D eigenvalue weighted by atomic mass is 35.5. The van der Waals surface area contributed by atoms with Crippen LogP contribution >= 0.6 is 12.4 Å². The Bertz CT molecular complexity index is 157. The first-order chi connectivity index (χ1) is 5.20. The number of rotatable bonds is 1. The van der Waals surface area contributed by atoms with E-state index in [4.69, 9.17) is 0 Å². The van der Waals surface area contributed by atoms with Crippen molar-refractivity contribution >= 4 is 12.4 Å². The molecule has 12 heavy (non-hydrogen) atoms. The number of hydrogen-bond donors (Lipinski definition) is 1. The van der Waals surface area contributed by atoms with E-state index < -0.39 is 5.92 Å². The number of alkyl halides is 2. The van der Waals surface area contributed by atoms with Crippen molar-refractivity contribution in [3.63, 3.8) is 0 Å². The molecule has 1 nitrogen and oxygen atoms in total. The Kier molecular flexibility index (Phi) is 2.94. The molecule has 1 saturated carbocycles. The first-order valence-corrected chi connectivity index (χ1v) is 4.31. The van der Waals surface area contributed by atoms with Gasteiger partial charge in [0.25, 0.3) is 5.92 Å². The zero-order valence-electron chi connectivity index (χ0n) is 6.85. The third kappa shape index (κ3) is 1.88. The summed E-state index contributed by atoms with van der Waals surface area (Å²) in [5.74, 6) is -2.68. The number of nitrogens with one attached hydrogen (secondary N) is 1. The van der Waals surface area contributed by atoms with Crippen LogP contribution in [0.1, 0.15) is 25.7 Å². The molecule has 2 unspecified atom stereocenters. The number of piperidine rings is 1. The minimum atomic E-state index is -2.34. The van der Waals surface area contributed by atoms with E-state index in [2.05, 4.69) is 5.32 Å². The van der Waals surface area contributed by atoms with Crippen LogP contribution in [0.15, 0.2) is 0 Å². The minimum Gasteiger partial charge on any atom is -0.313 e. The Labute approximate surface area is 77.3 Å². The van der Waals surface area contributed by atoms with Gasteiger partial charge in [0.1, 0.15) is 0 Å². The second-order valence-electron chi connectivity index (χ2n) is 3.63. The maximum Gasteiger partial charge on any atom is 0.253 e. The highest BCUT2D eigenvalue weighted by molar-refractivity contribution is 5.85. The fraction of sp³-hybridized carbons (Fsp3) is 1.00. The van der Waals surface area contributed by atoms with Crippen LogP contribution < -0.4 is 5.32 Å². The van der Waals surface area contributed by atoms with Gasteiger partial charge in [0.05, 0.1) is 0 Å². The lowest BCUT2D eigenvalue weighted by Crippen LogP contribution is -2.37. The molecule has 72 valence electrons. The first-order valence-electron chi connectivity index (χ1n) is 4.31. The van der Waals surface area contributed by atoms with Gasteiger partial charge >= 0.3 is 0 Å². The molecule has 1 aliphatic heterocycles. The molecule has 4 heteroatoms. The summed E-state index contributed by atoms with van der Waals surface area (Å²) in [6.07, 6.45) is 3.32. The van der Waals surface area contributed by atoms with Crippen molar-refractivity contribution in [1.29, 1.82) is 0 Å². The highest BCUT2D eigenvalue weighted by Gasteiger charge is 2.60. The molecule has 0 aromatic rings. The Hall–Kier alpha value is 0.110. The molecule has 0 amide bonds. The van der Waals surface area contributed by atoms with Crippen molar-refractivity contribution in [3.8, 4) is 0 Å². The average Bonchev–Trinajstić information content (AvgIpc) is 2.62. The standard InChI is InChI=1S/C8H13F2N.ClH/c9-8(10)5-6(8)7-3-1-2-4-11-7;/h6-7,11H,1-5H2;1H. The van der Waals surface area contributed by atoms with E-state index in [0.29, 0.717) is 0 Å². The van der Waals surface area contributed by atoms with Crippen molar-refractivity contribution in [1.82, 2.24) is 5.32 Å². The van der Waals surface area contributed by atoms with Crippen LogP contribution in [-0.2, 0) is 0 Å². The minimum absolute atomic E-state index is 0. The summed E-state index contributed by atoms with van der Waals surface area (Å²) < 4.78 is 25.1. The van der Waals surface area contributed by atoms with Gasteiger partial charge < -0.3 is 5.32 Å².